The summed E-state index contributed by atoms with van der Waals surface area (Å²) in [6.07, 6.45) is 2.52. The maximum atomic E-state index is 11.2. The van der Waals surface area contributed by atoms with E-state index in [1.54, 1.807) is 7.05 Å². The Bertz CT molecular complexity index is 638. The Morgan fingerprint density at radius 2 is 2.20 bits per heavy atom. The van der Waals surface area contributed by atoms with E-state index < -0.39 is 0 Å². The van der Waals surface area contributed by atoms with Crippen molar-refractivity contribution in [1.82, 2.24) is 10.2 Å². The summed E-state index contributed by atoms with van der Waals surface area (Å²) in [4.78, 5) is 17.7. The highest BCUT2D eigenvalue weighted by molar-refractivity contribution is 14.0. The van der Waals surface area contributed by atoms with E-state index in [-0.39, 0.29) is 36.7 Å². The van der Waals surface area contributed by atoms with E-state index in [1.165, 1.54) is 0 Å². The first kappa shape index (κ1) is 19.6. The van der Waals surface area contributed by atoms with Crippen LogP contribution in [0.5, 0.6) is 11.5 Å². The average molecular weight is 460 g/mol. The van der Waals surface area contributed by atoms with Gasteiger partial charge in [0.05, 0.1) is 0 Å². The Hall–Kier alpha value is -1.71. The quantitative estimate of drug-likeness (QED) is 0.406. The number of carbonyl (C=O) groups is 1. The highest BCUT2D eigenvalue weighted by Crippen LogP contribution is 2.32. The van der Waals surface area contributed by atoms with Crippen LogP contribution in [0.4, 0.5) is 0 Å². The third-order valence-electron chi connectivity index (χ3n) is 4.41. The minimum atomic E-state index is -0.231. The van der Waals surface area contributed by atoms with Gasteiger partial charge in [-0.15, -0.1) is 24.0 Å². The lowest BCUT2D eigenvalue weighted by molar-refractivity contribution is -0.119. The standard InChI is InChI=1S/C17H24N4O3.HI/c1-19-17(21-6-2-3-13(10-21)8-16(18)22)20-9-12-4-5-14-15(7-12)24-11-23-14;/h4-5,7,13H,2-3,6,8-11H2,1H3,(H2,18,22)(H,19,20);1H. The summed E-state index contributed by atoms with van der Waals surface area (Å²) in [6.45, 7) is 2.68. The van der Waals surface area contributed by atoms with Crippen molar-refractivity contribution in [2.75, 3.05) is 26.9 Å². The van der Waals surface area contributed by atoms with E-state index in [4.69, 9.17) is 15.2 Å². The van der Waals surface area contributed by atoms with Gasteiger partial charge >= 0.3 is 0 Å². The highest BCUT2D eigenvalue weighted by Gasteiger charge is 2.23. The molecule has 25 heavy (non-hydrogen) atoms. The van der Waals surface area contributed by atoms with E-state index in [0.29, 0.717) is 18.9 Å². The molecule has 1 aromatic carbocycles. The summed E-state index contributed by atoms with van der Waals surface area (Å²) >= 11 is 0. The molecule has 0 aromatic heterocycles. The van der Waals surface area contributed by atoms with Gasteiger partial charge in [-0.1, -0.05) is 6.07 Å². The van der Waals surface area contributed by atoms with Crippen molar-refractivity contribution in [1.29, 1.82) is 0 Å². The van der Waals surface area contributed by atoms with Gasteiger partial charge in [-0.2, -0.15) is 0 Å². The summed E-state index contributed by atoms with van der Waals surface area (Å²) in [5.41, 5.74) is 6.43. The van der Waals surface area contributed by atoms with Crippen LogP contribution in [0.25, 0.3) is 0 Å². The number of nitrogens with two attached hydrogens (primary N) is 1. The second-order valence-corrected chi connectivity index (χ2v) is 6.21. The molecule has 138 valence electrons. The number of benzene rings is 1. The number of carbonyl (C=O) groups excluding carboxylic acids is 1. The van der Waals surface area contributed by atoms with Crippen molar-refractivity contribution in [2.45, 2.75) is 25.8 Å². The minimum Gasteiger partial charge on any atom is -0.454 e. The first-order valence-corrected chi connectivity index (χ1v) is 8.28. The van der Waals surface area contributed by atoms with Crippen molar-refractivity contribution < 1.29 is 14.3 Å². The molecular weight excluding hydrogens is 435 g/mol. The van der Waals surface area contributed by atoms with Gasteiger partial charge in [0.25, 0.3) is 0 Å². The SMILES string of the molecule is CN=C(NCc1ccc2c(c1)OCO2)N1CCCC(CC(N)=O)C1.I. The second-order valence-electron chi connectivity index (χ2n) is 6.21. The first-order valence-electron chi connectivity index (χ1n) is 8.28. The molecule has 0 aliphatic carbocycles. The molecule has 3 rings (SSSR count). The van der Waals surface area contributed by atoms with Gasteiger partial charge < -0.3 is 25.4 Å². The molecule has 3 N–H and O–H groups in total. The van der Waals surface area contributed by atoms with E-state index in [1.807, 2.05) is 18.2 Å². The zero-order valence-electron chi connectivity index (χ0n) is 14.4. The van der Waals surface area contributed by atoms with Gasteiger partial charge in [-0.3, -0.25) is 9.79 Å². The van der Waals surface area contributed by atoms with Crippen LogP contribution in [0.15, 0.2) is 23.2 Å². The van der Waals surface area contributed by atoms with Crippen molar-refractivity contribution in [3.05, 3.63) is 23.8 Å². The van der Waals surface area contributed by atoms with Gasteiger partial charge in [0.2, 0.25) is 12.7 Å². The molecule has 2 aliphatic rings. The van der Waals surface area contributed by atoms with E-state index >= 15 is 0 Å². The smallest absolute Gasteiger partial charge is 0.231 e. The van der Waals surface area contributed by atoms with Crippen LogP contribution in [0.2, 0.25) is 0 Å². The van der Waals surface area contributed by atoms with Crippen molar-refractivity contribution in [3.63, 3.8) is 0 Å². The molecule has 1 saturated heterocycles. The van der Waals surface area contributed by atoms with Crippen LogP contribution in [-0.4, -0.2) is 43.7 Å². The zero-order chi connectivity index (χ0) is 16.9. The molecule has 0 saturated carbocycles. The van der Waals surface area contributed by atoms with Gasteiger partial charge in [-0.05, 0) is 36.5 Å². The van der Waals surface area contributed by atoms with Gasteiger partial charge in [0.1, 0.15) is 0 Å². The molecule has 7 nitrogen and oxygen atoms in total. The number of hydrogen-bond donors (Lipinski definition) is 2. The number of nitrogens with one attached hydrogen (secondary N) is 1. The van der Waals surface area contributed by atoms with Crippen molar-refractivity contribution >= 4 is 35.8 Å². The molecule has 8 heteroatoms. The van der Waals surface area contributed by atoms with Crippen LogP contribution in [0.1, 0.15) is 24.8 Å². The van der Waals surface area contributed by atoms with Crippen molar-refractivity contribution in [3.8, 4) is 11.5 Å². The number of primary amides is 1. The van der Waals surface area contributed by atoms with Gasteiger partial charge in [-0.25, -0.2) is 0 Å². The number of fused-ring (bicyclic) bond motifs is 1. The van der Waals surface area contributed by atoms with Crippen LogP contribution < -0.4 is 20.5 Å². The Labute approximate surface area is 165 Å². The number of guanidine groups is 1. The summed E-state index contributed by atoms with van der Waals surface area (Å²) in [5.74, 6) is 2.49. The van der Waals surface area contributed by atoms with Crippen LogP contribution in [0, 0.1) is 5.92 Å². The Morgan fingerprint density at radius 3 is 2.96 bits per heavy atom. The van der Waals surface area contributed by atoms with E-state index in [2.05, 4.69) is 15.2 Å². The normalized spacial score (nSPS) is 19.3. The molecule has 0 bridgehead atoms. The molecule has 0 spiro atoms. The highest BCUT2D eigenvalue weighted by atomic mass is 127. The monoisotopic (exact) mass is 460 g/mol. The van der Waals surface area contributed by atoms with Gasteiger partial charge in [0.15, 0.2) is 17.5 Å². The third kappa shape index (κ3) is 5.13. The summed E-state index contributed by atoms with van der Waals surface area (Å²) < 4.78 is 10.7. The topological polar surface area (TPSA) is 89.2 Å². The average Bonchev–Trinajstić information content (AvgIpc) is 3.03. The number of aliphatic imine (C=N–C) groups is 1. The fraction of sp³-hybridized carbons (Fsp3) is 0.529. The number of nitrogens with zero attached hydrogens (tertiary/aromatic N) is 2. The molecule has 1 atom stereocenters. The number of piperidine rings is 1. The molecule has 2 heterocycles. The number of hydrogen-bond acceptors (Lipinski definition) is 4. The predicted molar refractivity (Wildman–Crippen MR) is 106 cm³/mol. The van der Waals surface area contributed by atoms with Gasteiger partial charge in [0, 0.05) is 33.1 Å². The van der Waals surface area contributed by atoms with Crippen molar-refractivity contribution in [2.24, 2.45) is 16.6 Å². The number of rotatable bonds is 4. The Kier molecular flexibility index (Phi) is 7.15. The van der Waals surface area contributed by atoms with Crippen LogP contribution in [0.3, 0.4) is 0 Å². The zero-order valence-corrected chi connectivity index (χ0v) is 16.7. The number of ether oxygens (including phenoxy) is 2. The first-order chi connectivity index (χ1) is 11.7. The fourth-order valence-corrected chi connectivity index (χ4v) is 3.27. The third-order valence-corrected chi connectivity index (χ3v) is 4.41. The van der Waals surface area contributed by atoms with Crippen LogP contribution >= 0.6 is 24.0 Å². The largest absolute Gasteiger partial charge is 0.454 e. The summed E-state index contributed by atoms with van der Waals surface area (Å²) in [7, 11) is 1.78. The molecule has 1 aromatic rings. The lowest BCUT2D eigenvalue weighted by Crippen LogP contribution is -2.46. The Balaban J connectivity index is 0.00000225. The van der Waals surface area contributed by atoms with E-state index in [0.717, 1.165) is 49.0 Å². The number of likely N-dealkylation sites (tertiary alicyclic amines) is 1. The summed E-state index contributed by atoms with van der Waals surface area (Å²) in [5, 5.41) is 3.38. The molecule has 0 radical (unpaired) electrons. The lowest BCUT2D eigenvalue weighted by atomic mass is 9.95. The maximum Gasteiger partial charge on any atom is 0.231 e. The number of amides is 1. The maximum absolute atomic E-state index is 11.2. The fourth-order valence-electron chi connectivity index (χ4n) is 3.27. The van der Waals surface area contributed by atoms with E-state index in [9.17, 15) is 4.79 Å². The molecule has 1 fully saturated rings. The Morgan fingerprint density at radius 1 is 1.40 bits per heavy atom. The molecule has 2 aliphatic heterocycles. The lowest BCUT2D eigenvalue weighted by Gasteiger charge is -2.34. The minimum absolute atomic E-state index is 0. The van der Waals surface area contributed by atoms with Crippen LogP contribution in [-0.2, 0) is 11.3 Å². The summed E-state index contributed by atoms with van der Waals surface area (Å²) in [6, 6.07) is 5.92. The number of halogens is 1. The molecular formula is C17H25IN4O3. The molecule has 1 amide bonds. The second kappa shape index (κ2) is 9.12. The molecule has 1 unspecified atom stereocenters. The predicted octanol–water partition coefficient (Wildman–Crippen LogP) is 1.70.